The molecular weight excluding hydrogens is 328 g/mol. The fourth-order valence-electron chi connectivity index (χ4n) is 3.03. The van der Waals surface area contributed by atoms with Gasteiger partial charge in [0, 0.05) is 26.1 Å². The van der Waals surface area contributed by atoms with Gasteiger partial charge in [-0.1, -0.05) is 60.7 Å². The van der Waals surface area contributed by atoms with E-state index in [4.69, 9.17) is 4.74 Å². The second kappa shape index (κ2) is 9.15. The number of aryl methyl sites for hydroxylation is 1. The number of hydrogen-bond donors (Lipinski definition) is 1. The van der Waals surface area contributed by atoms with E-state index in [0.717, 1.165) is 17.5 Å². The molecule has 1 aliphatic rings. The van der Waals surface area contributed by atoms with Crippen LogP contribution < -0.4 is 5.32 Å². The SMILES string of the molecule is O=C(CCc1ccccc1)[C@@H]1CN(C(=O)OCc2ccccc2)CCN1. The number of amides is 1. The summed E-state index contributed by atoms with van der Waals surface area (Å²) in [5, 5.41) is 3.21. The Labute approximate surface area is 154 Å². The van der Waals surface area contributed by atoms with Gasteiger partial charge in [0.25, 0.3) is 0 Å². The summed E-state index contributed by atoms with van der Waals surface area (Å²) in [7, 11) is 0. The summed E-state index contributed by atoms with van der Waals surface area (Å²) < 4.78 is 5.37. The molecular formula is C21H24N2O3. The number of piperazine rings is 1. The van der Waals surface area contributed by atoms with Crippen molar-refractivity contribution >= 4 is 11.9 Å². The molecule has 0 radical (unpaired) electrons. The minimum Gasteiger partial charge on any atom is -0.445 e. The molecule has 26 heavy (non-hydrogen) atoms. The zero-order chi connectivity index (χ0) is 18.2. The minimum atomic E-state index is -0.365. The van der Waals surface area contributed by atoms with Crippen LogP contribution in [0.3, 0.4) is 0 Å². The molecule has 0 aliphatic carbocycles. The average Bonchev–Trinajstić information content (AvgIpc) is 2.72. The number of carbonyl (C=O) groups is 2. The molecule has 1 heterocycles. The summed E-state index contributed by atoms with van der Waals surface area (Å²) in [4.78, 5) is 26.4. The molecule has 0 bridgehead atoms. The molecule has 2 aromatic carbocycles. The Balaban J connectivity index is 1.47. The third kappa shape index (κ3) is 5.17. The van der Waals surface area contributed by atoms with Crippen LogP contribution in [0.5, 0.6) is 0 Å². The van der Waals surface area contributed by atoms with Crippen molar-refractivity contribution in [1.29, 1.82) is 0 Å². The van der Waals surface area contributed by atoms with E-state index >= 15 is 0 Å². The molecule has 0 saturated carbocycles. The van der Waals surface area contributed by atoms with Crippen LogP contribution in [0.1, 0.15) is 17.5 Å². The fourth-order valence-corrected chi connectivity index (χ4v) is 3.03. The number of ketones is 1. The molecule has 1 atom stereocenters. The molecule has 0 spiro atoms. The molecule has 5 nitrogen and oxygen atoms in total. The van der Waals surface area contributed by atoms with Crippen LogP contribution >= 0.6 is 0 Å². The van der Waals surface area contributed by atoms with Crippen molar-refractivity contribution in [1.82, 2.24) is 10.2 Å². The van der Waals surface area contributed by atoms with E-state index in [9.17, 15) is 9.59 Å². The van der Waals surface area contributed by atoms with E-state index in [0.29, 0.717) is 26.1 Å². The Morgan fingerprint density at radius 1 is 1.00 bits per heavy atom. The van der Waals surface area contributed by atoms with Gasteiger partial charge >= 0.3 is 6.09 Å². The summed E-state index contributed by atoms with van der Waals surface area (Å²) in [5.74, 6) is 0.134. The molecule has 3 rings (SSSR count). The highest BCUT2D eigenvalue weighted by Gasteiger charge is 2.28. The lowest BCUT2D eigenvalue weighted by Gasteiger charge is -2.32. The van der Waals surface area contributed by atoms with Gasteiger partial charge in [0.15, 0.2) is 5.78 Å². The van der Waals surface area contributed by atoms with Gasteiger partial charge in [-0.25, -0.2) is 4.79 Å². The van der Waals surface area contributed by atoms with Gasteiger partial charge in [0.2, 0.25) is 0 Å². The van der Waals surface area contributed by atoms with Gasteiger partial charge in [0.05, 0.1) is 6.04 Å². The van der Waals surface area contributed by atoms with Crippen LogP contribution in [0.15, 0.2) is 60.7 Å². The van der Waals surface area contributed by atoms with Crippen molar-refractivity contribution in [2.24, 2.45) is 0 Å². The lowest BCUT2D eigenvalue weighted by molar-refractivity contribution is -0.121. The highest BCUT2D eigenvalue weighted by Crippen LogP contribution is 2.09. The predicted octanol–water partition coefficient (Wildman–Crippen LogP) is 2.80. The first kappa shape index (κ1) is 18.1. The lowest BCUT2D eigenvalue weighted by Crippen LogP contribution is -2.55. The van der Waals surface area contributed by atoms with Crippen molar-refractivity contribution in [3.8, 4) is 0 Å². The maximum Gasteiger partial charge on any atom is 0.410 e. The van der Waals surface area contributed by atoms with Crippen LogP contribution in [0.2, 0.25) is 0 Å². The largest absolute Gasteiger partial charge is 0.445 e. The average molecular weight is 352 g/mol. The Morgan fingerprint density at radius 3 is 2.35 bits per heavy atom. The second-order valence-corrected chi connectivity index (χ2v) is 6.44. The van der Waals surface area contributed by atoms with Crippen LogP contribution in [0, 0.1) is 0 Å². The van der Waals surface area contributed by atoms with Crippen molar-refractivity contribution in [2.75, 3.05) is 19.6 Å². The Hall–Kier alpha value is -2.66. The molecule has 2 aromatic rings. The van der Waals surface area contributed by atoms with Crippen LogP contribution in [0.4, 0.5) is 4.79 Å². The molecule has 1 aliphatic heterocycles. The van der Waals surface area contributed by atoms with E-state index in [1.165, 1.54) is 0 Å². The molecule has 136 valence electrons. The van der Waals surface area contributed by atoms with Crippen molar-refractivity contribution in [3.05, 3.63) is 71.8 Å². The third-order valence-corrected chi connectivity index (χ3v) is 4.53. The van der Waals surface area contributed by atoms with Gasteiger partial charge in [-0.2, -0.15) is 0 Å². The first-order valence-electron chi connectivity index (χ1n) is 8.98. The molecule has 1 N–H and O–H groups in total. The highest BCUT2D eigenvalue weighted by atomic mass is 16.6. The molecule has 5 heteroatoms. The topological polar surface area (TPSA) is 58.6 Å². The molecule has 1 amide bonds. The van der Waals surface area contributed by atoms with Gasteiger partial charge < -0.3 is 15.0 Å². The Morgan fingerprint density at radius 2 is 1.65 bits per heavy atom. The maximum atomic E-state index is 12.5. The van der Waals surface area contributed by atoms with Crippen molar-refractivity contribution < 1.29 is 14.3 Å². The van der Waals surface area contributed by atoms with Crippen LogP contribution in [-0.4, -0.2) is 42.5 Å². The van der Waals surface area contributed by atoms with Crippen LogP contribution in [0.25, 0.3) is 0 Å². The number of rotatable bonds is 6. The van der Waals surface area contributed by atoms with Crippen LogP contribution in [-0.2, 0) is 22.6 Å². The number of hydrogen-bond acceptors (Lipinski definition) is 4. The van der Waals surface area contributed by atoms with Crippen molar-refractivity contribution in [2.45, 2.75) is 25.5 Å². The molecule has 1 fully saturated rings. The maximum absolute atomic E-state index is 12.5. The molecule has 0 aromatic heterocycles. The Kier molecular flexibility index (Phi) is 6.39. The molecule has 0 unspecified atom stereocenters. The summed E-state index contributed by atoms with van der Waals surface area (Å²) in [6.07, 6.45) is 0.821. The number of carbonyl (C=O) groups excluding carboxylic acids is 2. The number of benzene rings is 2. The van der Waals surface area contributed by atoms with E-state index in [1.807, 2.05) is 60.7 Å². The van der Waals surface area contributed by atoms with E-state index < -0.39 is 0 Å². The summed E-state index contributed by atoms with van der Waals surface area (Å²) >= 11 is 0. The van der Waals surface area contributed by atoms with E-state index in [1.54, 1.807) is 4.90 Å². The first-order valence-corrected chi connectivity index (χ1v) is 8.98. The second-order valence-electron chi connectivity index (χ2n) is 6.44. The number of ether oxygens (including phenoxy) is 1. The standard InChI is InChI=1S/C21H24N2O3/c24-20(12-11-17-7-3-1-4-8-17)19-15-23(14-13-22-19)21(25)26-16-18-9-5-2-6-10-18/h1-10,19,22H,11-16H2/t19-/m0/s1. The fraction of sp³-hybridized carbons (Fsp3) is 0.333. The minimum absolute atomic E-state index is 0.134. The van der Waals surface area contributed by atoms with E-state index in [-0.39, 0.29) is 24.5 Å². The normalized spacial score (nSPS) is 16.9. The summed E-state index contributed by atoms with van der Waals surface area (Å²) in [6, 6.07) is 19.2. The van der Waals surface area contributed by atoms with E-state index in [2.05, 4.69) is 5.32 Å². The zero-order valence-electron chi connectivity index (χ0n) is 14.8. The smallest absolute Gasteiger partial charge is 0.410 e. The third-order valence-electron chi connectivity index (χ3n) is 4.53. The van der Waals surface area contributed by atoms with Gasteiger partial charge in [0.1, 0.15) is 6.61 Å². The lowest BCUT2D eigenvalue weighted by atomic mass is 10.0. The Bertz CT molecular complexity index is 657. The zero-order valence-corrected chi connectivity index (χ0v) is 14.8. The predicted molar refractivity (Wildman–Crippen MR) is 99.8 cm³/mol. The molecule has 1 saturated heterocycles. The van der Waals surface area contributed by atoms with Crippen molar-refractivity contribution in [3.63, 3.8) is 0 Å². The number of nitrogens with zero attached hydrogens (tertiary/aromatic N) is 1. The van der Waals surface area contributed by atoms with Gasteiger partial charge in [-0.05, 0) is 17.5 Å². The highest BCUT2D eigenvalue weighted by molar-refractivity contribution is 5.85. The quantitative estimate of drug-likeness (QED) is 0.868. The van der Waals surface area contributed by atoms with Gasteiger partial charge in [-0.15, -0.1) is 0 Å². The number of nitrogens with one attached hydrogen (secondary N) is 1. The number of Topliss-reactive ketones (excluding diaryl/α,β-unsaturated/α-hetero) is 1. The monoisotopic (exact) mass is 352 g/mol. The first-order chi connectivity index (χ1) is 12.7. The summed E-state index contributed by atoms with van der Waals surface area (Å²) in [6.45, 7) is 1.76. The summed E-state index contributed by atoms with van der Waals surface area (Å²) in [5.41, 5.74) is 2.10. The van der Waals surface area contributed by atoms with Gasteiger partial charge in [-0.3, -0.25) is 4.79 Å².